The predicted molar refractivity (Wildman–Crippen MR) is 100 cm³/mol. The van der Waals surface area contributed by atoms with Gasteiger partial charge in [-0.3, -0.25) is 9.59 Å². The number of rotatable bonds is 2. The Hall–Kier alpha value is -2.61. The first-order valence-electron chi connectivity index (χ1n) is 8.83. The van der Waals surface area contributed by atoms with Crippen molar-refractivity contribution in [3.05, 3.63) is 39.7 Å². The van der Waals surface area contributed by atoms with Gasteiger partial charge in [-0.1, -0.05) is 17.8 Å². The number of fused-ring (bicyclic) bond motifs is 3. The molecule has 1 N–H and O–H groups in total. The molecule has 8 heteroatoms. The van der Waals surface area contributed by atoms with Crippen LogP contribution in [0.1, 0.15) is 36.3 Å². The lowest BCUT2D eigenvalue weighted by Crippen LogP contribution is -2.39. The number of aliphatic imine (C=N–C) groups is 1. The number of hydrogen-bond acceptors (Lipinski definition) is 7. The largest absolute Gasteiger partial charge is 0.454 e. The van der Waals surface area contributed by atoms with Gasteiger partial charge in [-0.05, 0) is 36.8 Å². The zero-order valence-corrected chi connectivity index (χ0v) is 15.5. The fourth-order valence-corrected chi connectivity index (χ4v) is 4.50. The van der Waals surface area contributed by atoms with E-state index in [9.17, 15) is 9.59 Å². The molecule has 0 amide bonds. The Labute approximate surface area is 159 Å². The molecule has 1 aromatic carbocycles. The number of aromatic nitrogens is 2. The summed E-state index contributed by atoms with van der Waals surface area (Å²) in [6, 6.07) is 5.59. The summed E-state index contributed by atoms with van der Waals surface area (Å²) in [4.78, 5) is 37.7. The van der Waals surface area contributed by atoms with Gasteiger partial charge >= 0.3 is 0 Å². The van der Waals surface area contributed by atoms with Crippen LogP contribution in [-0.4, -0.2) is 34.5 Å². The van der Waals surface area contributed by atoms with E-state index in [0.717, 1.165) is 24.1 Å². The van der Waals surface area contributed by atoms with Gasteiger partial charge in [0.05, 0.1) is 11.5 Å². The van der Waals surface area contributed by atoms with Crippen molar-refractivity contribution >= 4 is 29.1 Å². The lowest BCUT2D eigenvalue weighted by atomic mass is 9.70. The van der Waals surface area contributed by atoms with Crippen LogP contribution >= 0.6 is 11.8 Å². The fourth-order valence-electron chi connectivity index (χ4n) is 4.13. The Morgan fingerprint density at radius 2 is 2.00 bits per heavy atom. The van der Waals surface area contributed by atoms with Gasteiger partial charge in [0.15, 0.2) is 22.5 Å². The highest BCUT2D eigenvalue weighted by Gasteiger charge is 2.43. The Morgan fingerprint density at radius 1 is 1.15 bits per heavy atom. The third-order valence-corrected chi connectivity index (χ3v) is 5.90. The van der Waals surface area contributed by atoms with Crippen LogP contribution in [0.4, 0.5) is 5.82 Å². The van der Waals surface area contributed by atoms with Crippen LogP contribution in [0.2, 0.25) is 0 Å². The number of hydrogen-bond donors (Lipinski definition) is 1. The van der Waals surface area contributed by atoms with Crippen molar-refractivity contribution in [2.75, 3.05) is 13.0 Å². The van der Waals surface area contributed by atoms with Crippen LogP contribution in [0.15, 0.2) is 33.1 Å². The summed E-state index contributed by atoms with van der Waals surface area (Å²) in [7, 11) is 0. The first-order valence-corrected chi connectivity index (χ1v) is 10.1. The molecule has 27 heavy (non-hydrogen) atoms. The van der Waals surface area contributed by atoms with Crippen molar-refractivity contribution in [2.24, 2.45) is 10.9 Å². The molecule has 1 aromatic heterocycles. The van der Waals surface area contributed by atoms with Gasteiger partial charge in [-0.2, -0.15) is 0 Å². The molecule has 0 spiro atoms. The Balaban J connectivity index is 1.74. The van der Waals surface area contributed by atoms with Gasteiger partial charge in [-0.15, -0.1) is 0 Å². The van der Waals surface area contributed by atoms with Crippen LogP contribution in [0, 0.1) is 5.92 Å². The highest BCUT2D eigenvalue weighted by Crippen LogP contribution is 2.45. The second-order valence-corrected chi connectivity index (χ2v) is 7.60. The number of nitrogens with zero attached hydrogens (tertiary/aromatic N) is 2. The van der Waals surface area contributed by atoms with Crippen LogP contribution in [0.3, 0.4) is 0 Å². The third kappa shape index (κ3) is 2.58. The van der Waals surface area contributed by atoms with Gasteiger partial charge in [0, 0.05) is 18.1 Å². The zero-order chi connectivity index (χ0) is 18.5. The molecule has 1 saturated carbocycles. The van der Waals surface area contributed by atoms with E-state index in [1.54, 1.807) is 0 Å². The van der Waals surface area contributed by atoms with Crippen molar-refractivity contribution in [2.45, 2.75) is 30.3 Å². The number of carbonyl (C=O) groups excluding carboxylic acids is 1. The normalized spacial score (nSPS) is 22.9. The molecule has 0 bridgehead atoms. The monoisotopic (exact) mass is 383 g/mol. The van der Waals surface area contributed by atoms with E-state index in [1.807, 2.05) is 24.5 Å². The lowest BCUT2D eigenvalue weighted by Gasteiger charge is -2.34. The SMILES string of the molecule is CSc1nc2c(c(=O)[nH]1)C(c1ccc3c(c1)OCO3)C1C(=O)CCCC1=N2. The molecule has 2 aliphatic heterocycles. The predicted octanol–water partition coefficient (Wildman–Crippen LogP) is 2.81. The molecule has 7 nitrogen and oxygen atoms in total. The standard InChI is InChI=1S/C19H17N3O4S/c1-27-19-21-17-16(18(24)22-19)14(15-10(20-17)3-2-4-11(15)23)9-5-6-12-13(7-9)26-8-25-12/h5-7,14-15H,2-4,8H2,1H3,(H,21,22,24). The molecular weight excluding hydrogens is 366 g/mol. The number of carbonyl (C=O) groups is 1. The van der Waals surface area contributed by atoms with Gasteiger partial charge < -0.3 is 14.5 Å². The van der Waals surface area contributed by atoms with Crippen molar-refractivity contribution in [1.29, 1.82) is 0 Å². The maximum Gasteiger partial charge on any atom is 0.257 e. The van der Waals surface area contributed by atoms with Gasteiger partial charge in [0.2, 0.25) is 6.79 Å². The number of H-pyrrole nitrogens is 1. The van der Waals surface area contributed by atoms with Crippen LogP contribution < -0.4 is 15.0 Å². The Bertz CT molecular complexity index is 1050. The van der Waals surface area contributed by atoms with Crippen molar-refractivity contribution < 1.29 is 14.3 Å². The smallest absolute Gasteiger partial charge is 0.257 e. The van der Waals surface area contributed by atoms with Gasteiger partial charge in [0.25, 0.3) is 5.56 Å². The Kier molecular flexibility index (Phi) is 3.82. The first kappa shape index (κ1) is 16.6. The van der Waals surface area contributed by atoms with E-state index in [-0.39, 0.29) is 18.1 Å². The quantitative estimate of drug-likeness (QED) is 0.633. The van der Waals surface area contributed by atoms with Crippen molar-refractivity contribution in [3.63, 3.8) is 0 Å². The van der Waals surface area contributed by atoms with E-state index >= 15 is 0 Å². The van der Waals surface area contributed by atoms with Crippen LogP contribution in [-0.2, 0) is 4.79 Å². The second-order valence-electron chi connectivity index (χ2n) is 6.80. The molecule has 0 saturated heterocycles. The maximum atomic E-state index is 12.9. The molecule has 3 aliphatic rings. The zero-order valence-electron chi connectivity index (χ0n) is 14.7. The summed E-state index contributed by atoms with van der Waals surface area (Å²) in [5.74, 6) is 1.01. The van der Waals surface area contributed by atoms with E-state index < -0.39 is 11.8 Å². The van der Waals surface area contributed by atoms with E-state index in [0.29, 0.717) is 34.5 Å². The highest BCUT2D eigenvalue weighted by molar-refractivity contribution is 7.98. The number of Topliss-reactive ketones (excluding diaryl/α,β-unsaturated/α-hetero) is 1. The maximum absolute atomic E-state index is 12.9. The number of nitrogens with one attached hydrogen (secondary N) is 1. The Morgan fingerprint density at radius 3 is 2.85 bits per heavy atom. The average molecular weight is 383 g/mol. The fraction of sp³-hybridized carbons (Fsp3) is 0.368. The minimum Gasteiger partial charge on any atom is -0.454 e. The number of ether oxygens (including phenoxy) is 2. The van der Waals surface area contributed by atoms with Crippen molar-refractivity contribution in [1.82, 2.24) is 9.97 Å². The summed E-state index contributed by atoms with van der Waals surface area (Å²) in [6.45, 7) is 0.175. The summed E-state index contributed by atoms with van der Waals surface area (Å²) in [6.07, 6.45) is 3.90. The first-order chi connectivity index (χ1) is 13.2. The minimum absolute atomic E-state index is 0.127. The number of aromatic amines is 1. The molecule has 0 radical (unpaired) electrons. The molecule has 2 aromatic rings. The third-order valence-electron chi connectivity index (χ3n) is 5.32. The molecule has 2 atom stereocenters. The molecule has 138 valence electrons. The number of benzene rings is 1. The summed E-state index contributed by atoms with van der Waals surface area (Å²) in [5, 5.41) is 0.521. The van der Waals surface area contributed by atoms with E-state index in [2.05, 4.69) is 15.0 Å². The van der Waals surface area contributed by atoms with Gasteiger partial charge in [0.1, 0.15) is 5.78 Å². The highest BCUT2D eigenvalue weighted by atomic mass is 32.2. The average Bonchev–Trinajstić information content (AvgIpc) is 3.14. The molecule has 2 unspecified atom stereocenters. The lowest BCUT2D eigenvalue weighted by molar-refractivity contribution is -0.121. The number of thioether (sulfide) groups is 1. The summed E-state index contributed by atoms with van der Waals surface area (Å²) >= 11 is 1.36. The van der Waals surface area contributed by atoms with Crippen molar-refractivity contribution in [3.8, 4) is 11.5 Å². The number of ketones is 1. The summed E-state index contributed by atoms with van der Waals surface area (Å²) in [5.41, 5.74) is 1.88. The minimum atomic E-state index is -0.422. The van der Waals surface area contributed by atoms with Gasteiger partial charge in [-0.25, -0.2) is 9.98 Å². The molecule has 1 aliphatic carbocycles. The van der Waals surface area contributed by atoms with E-state index in [1.165, 1.54) is 11.8 Å². The molecule has 5 rings (SSSR count). The topological polar surface area (TPSA) is 93.6 Å². The van der Waals surface area contributed by atoms with Crippen LogP contribution in [0.5, 0.6) is 11.5 Å². The van der Waals surface area contributed by atoms with Crippen LogP contribution in [0.25, 0.3) is 0 Å². The molecular formula is C19H17N3O4S. The molecule has 3 heterocycles. The second kappa shape index (κ2) is 6.23. The summed E-state index contributed by atoms with van der Waals surface area (Å²) < 4.78 is 10.9. The van der Waals surface area contributed by atoms with E-state index in [4.69, 9.17) is 9.47 Å². The molecule has 1 fully saturated rings.